The standard InChI is InChI=1S/C22H19NO4/c1-2-27-20-13-12-16(17-10-6-7-11-18(17)20)14-19(22(25)26)23-21(24)15-8-4-3-5-9-15/h3-14H,2H2,1H3,(H,23,24)(H,25,26)/p-1/b19-14-. The van der Waals surface area contributed by atoms with Crippen LogP contribution in [0.5, 0.6) is 5.75 Å². The van der Waals surface area contributed by atoms with E-state index in [4.69, 9.17) is 4.74 Å². The number of fused-ring (bicyclic) bond motifs is 1. The lowest BCUT2D eigenvalue weighted by atomic mass is 10.0. The molecule has 3 aromatic carbocycles. The summed E-state index contributed by atoms with van der Waals surface area (Å²) < 4.78 is 5.63. The molecule has 0 radical (unpaired) electrons. The van der Waals surface area contributed by atoms with Crippen LogP contribution in [-0.4, -0.2) is 18.5 Å². The second-order valence-corrected chi connectivity index (χ2v) is 5.80. The van der Waals surface area contributed by atoms with Crippen LogP contribution in [0, 0.1) is 0 Å². The number of amides is 1. The van der Waals surface area contributed by atoms with E-state index in [2.05, 4.69) is 5.32 Å². The predicted octanol–water partition coefficient (Wildman–Crippen LogP) is 2.76. The van der Waals surface area contributed by atoms with Crippen molar-refractivity contribution in [3.8, 4) is 5.75 Å². The van der Waals surface area contributed by atoms with Crippen LogP contribution in [0.1, 0.15) is 22.8 Å². The number of carbonyl (C=O) groups excluding carboxylic acids is 2. The molecule has 3 aromatic rings. The minimum Gasteiger partial charge on any atom is -0.543 e. The quantitative estimate of drug-likeness (QED) is 0.686. The number of nitrogens with one attached hydrogen (secondary N) is 1. The first kappa shape index (κ1) is 18.2. The van der Waals surface area contributed by atoms with Crippen LogP contribution in [-0.2, 0) is 4.79 Å². The van der Waals surface area contributed by atoms with E-state index in [-0.39, 0.29) is 5.70 Å². The minimum atomic E-state index is -1.46. The van der Waals surface area contributed by atoms with Crippen molar-refractivity contribution in [2.75, 3.05) is 6.61 Å². The lowest BCUT2D eigenvalue weighted by molar-refractivity contribution is -0.299. The highest BCUT2D eigenvalue weighted by molar-refractivity contribution is 6.04. The van der Waals surface area contributed by atoms with E-state index in [0.717, 1.165) is 10.8 Å². The highest BCUT2D eigenvalue weighted by atomic mass is 16.5. The molecular weight excluding hydrogens is 342 g/mol. The lowest BCUT2D eigenvalue weighted by Crippen LogP contribution is -2.35. The van der Waals surface area contributed by atoms with Crippen LogP contribution >= 0.6 is 0 Å². The van der Waals surface area contributed by atoms with E-state index in [1.165, 1.54) is 6.08 Å². The molecule has 0 aliphatic heterocycles. The topological polar surface area (TPSA) is 78.5 Å². The van der Waals surface area contributed by atoms with Crippen LogP contribution in [0.2, 0.25) is 0 Å². The fourth-order valence-electron chi connectivity index (χ4n) is 2.79. The van der Waals surface area contributed by atoms with Crippen LogP contribution in [0.15, 0.2) is 72.4 Å². The molecule has 1 amide bonds. The van der Waals surface area contributed by atoms with E-state index in [1.54, 1.807) is 42.5 Å². The van der Waals surface area contributed by atoms with Crippen LogP contribution in [0.4, 0.5) is 0 Å². The van der Waals surface area contributed by atoms with Gasteiger partial charge in [0.05, 0.1) is 18.3 Å². The Morgan fingerprint density at radius 3 is 2.30 bits per heavy atom. The molecule has 5 nitrogen and oxygen atoms in total. The van der Waals surface area contributed by atoms with Gasteiger partial charge in [-0.25, -0.2) is 0 Å². The Balaban J connectivity index is 2.00. The second-order valence-electron chi connectivity index (χ2n) is 5.80. The maximum atomic E-state index is 12.3. The minimum absolute atomic E-state index is 0.307. The Labute approximate surface area is 156 Å². The van der Waals surface area contributed by atoms with Crippen molar-refractivity contribution in [2.24, 2.45) is 0 Å². The van der Waals surface area contributed by atoms with E-state index in [1.807, 2.05) is 31.2 Å². The normalized spacial score (nSPS) is 11.2. The van der Waals surface area contributed by atoms with E-state index in [0.29, 0.717) is 23.5 Å². The highest BCUT2D eigenvalue weighted by Gasteiger charge is 2.10. The molecule has 0 saturated carbocycles. The molecule has 0 atom stereocenters. The molecule has 0 aromatic heterocycles. The Hall–Kier alpha value is -3.60. The van der Waals surface area contributed by atoms with E-state index in [9.17, 15) is 14.7 Å². The molecule has 0 aliphatic carbocycles. The van der Waals surface area contributed by atoms with Gasteiger partial charge in [-0.05, 0) is 42.1 Å². The van der Waals surface area contributed by atoms with Crippen molar-refractivity contribution < 1.29 is 19.4 Å². The number of ether oxygens (including phenoxy) is 1. The molecule has 5 heteroatoms. The first-order valence-corrected chi connectivity index (χ1v) is 8.54. The van der Waals surface area contributed by atoms with Gasteiger partial charge in [0.1, 0.15) is 5.75 Å². The molecule has 0 heterocycles. The molecule has 3 rings (SSSR count). The number of hydrogen-bond acceptors (Lipinski definition) is 4. The Bertz CT molecular complexity index is 1010. The molecule has 0 unspecified atom stereocenters. The van der Waals surface area contributed by atoms with E-state index >= 15 is 0 Å². The fourth-order valence-corrected chi connectivity index (χ4v) is 2.79. The van der Waals surface area contributed by atoms with Crippen LogP contribution in [0.3, 0.4) is 0 Å². The smallest absolute Gasteiger partial charge is 0.255 e. The molecular formula is C22H18NO4-. The molecule has 1 N–H and O–H groups in total. The number of carboxylic acids is 1. The van der Waals surface area contributed by atoms with Crippen molar-refractivity contribution in [2.45, 2.75) is 6.92 Å². The van der Waals surface area contributed by atoms with Crippen molar-refractivity contribution in [3.63, 3.8) is 0 Å². The summed E-state index contributed by atoms with van der Waals surface area (Å²) in [5.41, 5.74) is 0.695. The van der Waals surface area contributed by atoms with Crippen LogP contribution in [0.25, 0.3) is 16.8 Å². The number of rotatable bonds is 6. The molecule has 27 heavy (non-hydrogen) atoms. The SMILES string of the molecule is CCOc1ccc(/C=C(\NC(=O)c2ccccc2)C(=O)[O-])c2ccccc12. The second kappa shape index (κ2) is 8.19. The van der Waals surface area contributed by atoms with Crippen LogP contribution < -0.4 is 15.2 Å². The Morgan fingerprint density at radius 1 is 0.963 bits per heavy atom. The van der Waals surface area contributed by atoms with Gasteiger partial charge in [-0.15, -0.1) is 0 Å². The first-order valence-electron chi connectivity index (χ1n) is 8.54. The van der Waals surface area contributed by atoms with E-state index < -0.39 is 11.9 Å². The van der Waals surface area contributed by atoms with Crippen molar-refractivity contribution in [1.82, 2.24) is 5.32 Å². The number of carbonyl (C=O) groups is 2. The number of aliphatic carboxylic acids is 1. The zero-order valence-electron chi connectivity index (χ0n) is 14.8. The van der Waals surface area contributed by atoms with Gasteiger partial charge < -0.3 is 20.0 Å². The molecule has 0 spiro atoms. The third kappa shape index (κ3) is 4.15. The molecule has 0 bridgehead atoms. The lowest BCUT2D eigenvalue weighted by Gasteiger charge is -2.13. The summed E-state index contributed by atoms with van der Waals surface area (Å²) in [6, 6.07) is 19.4. The maximum absolute atomic E-state index is 12.3. The van der Waals surface area contributed by atoms with Gasteiger partial charge in [-0.3, -0.25) is 4.79 Å². The van der Waals surface area contributed by atoms with Gasteiger partial charge in [0.2, 0.25) is 0 Å². The third-order valence-corrected chi connectivity index (χ3v) is 4.02. The molecule has 0 fully saturated rings. The summed E-state index contributed by atoms with van der Waals surface area (Å²) in [5, 5.41) is 15.6. The number of carboxylic acid groups (broad SMARTS) is 1. The summed E-state index contributed by atoms with van der Waals surface area (Å²) >= 11 is 0. The zero-order valence-corrected chi connectivity index (χ0v) is 14.8. The summed E-state index contributed by atoms with van der Waals surface area (Å²) in [5.74, 6) is -1.26. The van der Waals surface area contributed by atoms with Crippen molar-refractivity contribution in [1.29, 1.82) is 0 Å². The Morgan fingerprint density at radius 2 is 1.63 bits per heavy atom. The largest absolute Gasteiger partial charge is 0.543 e. The highest BCUT2D eigenvalue weighted by Crippen LogP contribution is 2.29. The average molecular weight is 360 g/mol. The number of benzene rings is 3. The molecule has 136 valence electrons. The first-order chi connectivity index (χ1) is 13.1. The summed E-state index contributed by atoms with van der Waals surface area (Å²) in [4.78, 5) is 23.8. The Kier molecular flexibility index (Phi) is 5.52. The van der Waals surface area contributed by atoms with Gasteiger partial charge in [0.25, 0.3) is 5.91 Å². The summed E-state index contributed by atoms with van der Waals surface area (Å²) in [6.45, 7) is 2.42. The average Bonchev–Trinajstić information content (AvgIpc) is 2.69. The van der Waals surface area contributed by atoms with Gasteiger partial charge >= 0.3 is 0 Å². The molecule has 0 aliphatic rings. The van der Waals surface area contributed by atoms with Crippen molar-refractivity contribution >= 4 is 28.7 Å². The third-order valence-electron chi connectivity index (χ3n) is 4.02. The van der Waals surface area contributed by atoms with Gasteiger partial charge in [-0.1, -0.05) is 48.5 Å². The van der Waals surface area contributed by atoms with Gasteiger partial charge in [-0.2, -0.15) is 0 Å². The van der Waals surface area contributed by atoms with Gasteiger partial charge in [0.15, 0.2) is 0 Å². The number of hydrogen-bond donors (Lipinski definition) is 1. The fraction of sp³-hybridized carbons (Fsp3) is 0.0909. The van der Waals surface area contributed by atoms with Gasteiger partial charge in [0, 0.05) is 10.9 Å². The zero-order chi connectivity index (χ0) is 19.2. The maximum Gasteiger partial charge on any atom is 0.255 e. The summed E-state index contributed by atoms with van der Waals surface area (Å²) in [7, 11) is 0. The van der Waals surface area contributed by atoms with Crippen molar-refractivity contribution in [3.05, 3.63) is 83.6 Å². The summed E-state index contributed by atoms with van der Waals surface area (Å²) in [6.07, 6.45) is 1.40. The monoisotopic (exact) mass is 360 g/mol. The predicted molar refractivity (Wildman–Crippen MR) is 102 cm³/mol. The molecule has 0 saturated heterocycles.